The fraction of sp³-hybridized carbons (Fsp3) is 0.217. The van der Waals surface area contributed by atoms with Crippen LogP contribution in [0, 0.1) is 13.8 Å². The van der Waals surface area contributed by atoms with Crippen molar-refractivity contribution in [3.05, 3.63) is 77.5 Å². The Morgan fingerprint density at radius 2 is 1.74 bits per heavy atom. The highest BCUT2D eigenvalue weighted by Crippen LogP contribution is 2.26. The second-order valence-electron chi connectivity index (χ2n) is 6.89. The minimum absolute atomic E-state index is 0.200. The first-order valence-electron chi connectivity index (χ1n) is 9.70. The lowest BCUT2D eigenvalue weighted by Gasteiger charge is -2.20. The molecule has 0 radical (unpaired) electrons. The molecule has 0 bridgehead atoms. The second kappa shape index (κ2) is 9.18. The third-order valence-corrected chi connectivity index (χ3v) is 6.60. The van der Waals surface area contributed by atoms with Gasteiger partial charge in [0.05, 0.1) is 17.2 Å². The standard InChI is InChI=1S/C23H24N2O5S/c1-5-29-22-21(7-6-14-24-22)23(26)30-19-11-9-18(10-12-19)25(4)31(27,28)20-13-8-16(2)17(3)15-20/h6-15H,5H2,1-4H3. The van der Waals surface area contributed by atoms with E-state index in [9.17, 15) is 13.2 Å². The first-order valence-corrected chi connectivity index (χ1v) is 11.1. The molecule has 31 heavy (non-hydrogen) atoms. The van der Waals surface area contributed by atoms with E-state index in [4.69, 9.17) is 9.47 Å². The number of esters is 1. The molecule has 7 nitrogen and oxygen atoms in total. The van der Waals surface area contributed by atoms with Crippen LogP contribution in [0.4, 0.5) is 5.69 Å². The Morgan fingerprint density at radius 3 is 2.39 bits per heavy atom. The van der Waals surface area contributed by atoms with E-state index in [0.29, 0.717) is 12.3 Å². The van der Waals surface area contributed by atoms with Gasteiger partial charge < -0.3 is 9.47 Å². The number of anilines is 1. The maximum absolute atomic E-state index is 13.0. The molecule has 8 heteroatoms. The molecule has 0 saturated heterocycles. The summed E-state index contributed by atoms with van der Waals surface area (Å²) in [5.41, 5.74) is 2.57. The quantitative estimate of drug-likeness (QED) is 0.405. The predicted molar refractivity (Wildman–Crippen MR) is 118 cm³/mol. The molecule has 0 spiro atoms. The number of aromatic nitrogens is 1. The molecule has 3 aromatic rings. The number of nitrogens with zero attached hydrogens (tertiary/aromatic N) is 2. The normalized spacial score (nSPS) is 11.1. The minimum atomic E-state index is -3.72. The molecule has 0 amide bonds. The number of hydrogen-bond donors (Lipinski definition) is 0. The van der Waals surface area contributed by atoms with Gasteiger partial charge in [0.15, 0.2) is 0 Å². The number of ether oxygens (including phenoxy) is 2. The van der Waals surface area contributed by atoms with E-state index in [0.717, 1.165) is 11.1 Å². The van der Waals surface area contributed by atoms with Gasteiger partial charge in [0, 0.05) is 13.2 Å². The number of hydrogen-bond acceptors (Lipinski definition) is 6. The van der Waals surface area contributed by atoms with Gasteiger partial charge in [0.2, 0.25) is 5.88 Å². The summed E-state index contributed by atoms with van der Waals surface area (Å²) in [6.45, 7) is 5.97. The van der Waals surface area contributed by atoms with Crippen molar-refractivity contribution in [3.63, 3.8) is 0 Å². The van der Waals surface area contributed by atoms with Crippen LogP contribution in [-0.2, 0) is 10.0 Å². The topological polar surface area (TPSA) is 85.8 Å². The van der Waals surface area contributed by atoms with Crippen molar-refractivity contribution in [1.29, 1.82) is 0 Å². The average Bonchev–Trinajstić information content (AvgIpc) is 2.76. The van der Waals surface area contributed by atoms with Gasteiger partial charge in [-0.1, -0.05) is 6.07 Å². The highest BCUT2D eigenvalue weighted by atomic mass is 32.2. The van der Waals surface area contributed by atoms with E-state index in [1.54, 1.807) is 49.4 Å². The Hall–Kier alpha value is -3.39. The Morgan fingerprint density at radius 1 is 1.03 bits per heavy atom. The molecule has 0 unspecified atom stereocenters. The zero-order chi connectivity index (χ0) is 22.6. The van der Waals surface area contributed by atoms with Crippen LogP contribution < -0.4 is 13.8 Å². The van der Waals surface area contributed by atoms with Gasteiger partial charge in [-0.25, -0.2) is 18.2 Å². The summed E-state index contributed by atoms with van der Waals surface area (Å²) in [7, 11) is -2.24. The third kappa shape index (κ3) is 4.86. The highest BCUT2D eigenvalue weighted by Gasteiger charge is 2.22. The van der Waals surface area contributed by atoms with Crippen molar-refractivity contribution in [1.82, 2.24) is 4.98 Å². The zero-order valence-electron chi connectivity index (χ0n) is 17.8. The summed E-state index contributed by atoms with van der Waals surface area (Å²) >= 11 is 0. The van der Waals surface area contributed by atoms with Gasteiger partial charge in [-0.05, 0) is 80.4 Å². The lowest BCUT2D eigenvalue weighted by molar-refractivity contribution is 0.0729. The van der Waals surface area contributed by atoms with E-state index in [-0.39, 0.29) is 22.1 Å². The maximum Gasteiger partial charge on any atom is 0.349 e. The molecule has 0 aliphatic heterocycles. The van der Waals surface area contributed by atoms with Gasteiger partial charge in [0.1, 0.15) is 11.3 Å². The number of pyridine rings is 1. The lowest BCUT2D eigenvalue weighted by atomic mass is 10.1. The Labute approximate surface area is 182 Å². The van der Waals surface area contributed by atoms with E-state index in [1.165, 1.54) is 29.7 Å². The SMILES string of the molecule is CCOc1ncccc1C(=O)Oc1ccc(N(C)S(=O)(=O)c2ccc(C)c(C)c2)cc1. The van der Waals surface area contributed by atoms with E-state index >= 15 is 0 Å². The molecule has 0 saturated carbocycles. The van der Waals surface area contributed by atoms with Gasteiger partial charge in [0.25, 0.3) is 10.0 Å². The van der Waals surface area contributed by atoms with Crippen molar-refractivity contribution in [2.24, 2.45) is 0 Å². The number of carbonyl (C=O) groups excluding carboxylic acids is 1. The highest BCUT2D eigenvalue weighted by molar-refractivity contribution is 7.92. The van der Waals surface area contributed by atoms with Crippen molar-refractivity contribution < 1.29 is 22.7 Å². The minimum Gasteiger partial charge on any atom is -0.477 e. The van der Waals surface area contributed by atoms with Crippen LogP contribution in [0.1, 0.15) is 28.4 Å². The van der Waals surface area contributed by atoms with Crippen molar-refractivity contribution in [3.8, 4) is 11.6 Å². The van der Waals surface area contributed by atoms with E-state index in [2.05, 4.69) is 4.98 Å². The summed E-state index contributed by atoms with van der Waals surface area (Å²) < 4.78 is 37.9. The van der Waals surface area contributed by atoms with Gasteiger partial charge in [-0.2, -0.15) is 0 Å². The summed E-state index contributed by atoms with van der Waals surface area (Å²) in [5, 5.41) is 0. The first kappa shape index (κ1) is 22.3. The Kier molecular flexibility index (Phi) is 6.60. The third-order valence-electron chi connectivity index (χ3n) is 4.82. The fourth-order valence-electron chi connectivity index (χ4n) is 2.86. The van der Waals surface area contributed by atoms with Crippen LogP contribution in [0.2, 0.25) is 0 Å². The molecule has 0 atom stereocenters. The Bertz CT molecular complexity index is 1190. The number of sulfonamides is 1. The van der Waals surface area contributed by atoms with Crippen LogP contribution in [0.25, 0.3) is 0 Å². The predicted octanol–water partition coefficient (Wildman–Crippen LogP) is 4.14. The van der Waals surface area contributed by atoms with E-state index in [1.807, 2.05) is 13.8 Å². The van der Waals surface area contributed by atoms with Crippen molar-refractivity contribution in [2.75, 3.05) is 18.0 Å². The monoisotopic (exact) mass is 440 g/mol. The number of carbonyl (C=O) groups is 1. The lowest BCUT2D eigenvalue weighted by Crippen LogP contribution is -2.26. The number of aryl methyl sites for hydroxylation is 2. The molecule has 162 valence electrons. The summed E-state index contributed by atoms with van der Waals surface area (Å²) in [6, 6.07) is 14.4. The fourth-order valence-corrected chi connectivity index (χ4v) is 4.14. The smallest absolute Gasteiger partial charge is 0.349 e. The van der Waals surface area contributed by atoms with Crippen LogP contribution >= 0.6 is 0 Å². The molecule has 0 aliphatic carbocycles. The van der Waals surface area contributed by atoms with Crippen LogP contribution in [0.3, 0.4) is 0 Å². The van der Waals surface area contributed by atoms with Crippen LogP contribution in [0.5, 0.6) is 11.6 Å². The van der Waals surface area contributed by atoms with Crippen LogP contribution in [0.15, 0.2) is 65.7 Å². The summed E-state index contributed by atoms with van der Waals surface area (Å²) in [6.07, 6.45) is 1.53. The second-order valence-corrected chi connectivity index (χ2v) is 8.86. The molecule has 0 N–H and O–H groups in total. The first-order chi connectivity index (χ1) is 14.7. The summed E-state index contributed by atoms with van der Waals surface area (Å²) in [4.78, 5) is 16.7. The van der Waals surface area contributed by atoms with Crippen LogP contribution in [-0.4, -0.2) is 33.0 Å². The largest absolute Gasteiger partial charge is 0.477 e. The molecular formula is C23H24N2O5S. The Balaban J connectivity index is 1.78. The molecule has 0 fully saturated rings. The van der Waals surface area contributed by atoms with Crippen molar-refractivity contribution >= 4 is 21.7 Å². The average molecular weight is 441 g/mol. The molecule has 3 rings (SSSR count). The molecule has 0 aliphatic rings. The van der Waals surface area contributed by atoms with E-state index < -0.39 is 16.0 Å². The molecule has 1 heterocycles. The molecular weight excluding hydrogens is 416 g/mol. The maximum atomic E-state index is 13.0. The number of rotatable bonds is 7. The summed E-state index contributed by atoms with van der Waals surface area (Å²) in [5.74, 6) is -0.136. The van der Waals surface area contributed by atoms with Gasteiger partial charge >= 0.3 is 5.97 Å². The van der Waals surface area contributed by atoms with Gasteiger partial charge in [-0.3, -0.25) is 4.31 Å². The van der Waals surface area contributed by atoms with Crippen molar-refractivity contribution in [2.45, 2.75) is 25.7 Å². The molecule has 1 aromatic heterocycles. The zero-order valence-corrected chi connectivity index (χ0v) is 18.6. The number of benzene rings is 2. The van der Waals surface area contributed by atoms with Gasteiger partial charge in [-0.15, -0.1) is 0 Å². The molecule has 2 aromatic carbocycles.